The maximum Gasteiger partial charge on any atom is 0.172 e. The van der Waals surface area contributed by atoms with Gasteiger partial charge in [-0.15, -0.1) is 11.3 Å². The third-order valence-electron chi connectivity index (χ3n) is 3.11. The monoisotopic (exact) mass is 267 g/mol. The highest BCUT2D eigenvalue weighted by Gasteiger charge is 2.10. The molecule has 94 valence electrons. The highest BCUT2D eigenvalue weighted by Crippen LogP contribution is 2.33. The number of hydrogen-bond donors (Lipinski definition) is 0. The molecular formula is C16H13NOS. The molecule has 3 rings (SSSR count). The molecule has 2 heterocycles. The summed E-state index contributed by atoms with van der Waals surface area (Å²) in [7, 11) is 0. The van der Waals surface area contributed by atoms with Gasteiger partial charge in [-0.2, -0.15) is 0 Å². The van der Waals surface area contributed by atoms with Crippen LogP contribution in [0, 0.1) is 0 Å². The zero-order valence-electron chi connectivity index (χ0n) is 10.6. The van der Waals surface area contributed by atoms with Crippen LogP contribution in [-0.2, 0) is 0 Å². The average Bonchev–Trinajstić information content (AvgIpc) is 2.95. The first kappa shape index (κ1) is 12.1. The molecule has 2 nitrogen and oxygen atoms in total. The standard InChI is InChI=1S/C16H13NOS/c1-2-14(18)16-9-8-15(19-16)12-5-3-7-13-11(12)6-4-10-17-13/h3-10H,2H2,1H3. The van der Waals surface area contributed by atoms with E-state index in [4.69, 9.17) is 0 Å². The number of fused-ring (bicyclic) bond motifs is 1. The lowest BCUT2D eigenvalue weighted by Gasteiger charge is -2.03. The Morgan fingerprint density at radius 3 is 2.89 bits per heavy atom. The normalized spacial score (nSPS) is 10.8. The Labute approximate surface area is 115 Å². The molecule has 0 aliphatic heterocycles. The lowest BCUT2D eigenvalue weighted by atomic mass is 10.1. The van der Waals surface area contributed by atoms with Crippen LogP contribution in [0.3, 0.4) is 0 Å². The van der Waals surface area contributed by atoms with E-state index in [1.165, 1.54) is 0 Å². The van der Waals surface area contributed by atoms with Crippen LogP contribution in [0.2, 0.25) is 0 Å². The quantitative estimate of drug-likeness (QED) is 0.651. The van der Waals surface area contributed by atoms with Gasteiger partial charge in [0.05, 0.1) is 10.4 Å². The van der Waals surface area contributed by atoms with Gasteiger partial charge in [0, 0.05) is 28.4 Å². The molecule has 0 N–H and O–H groups in total. The molecule has 0 aliphatic carbocycles. The molecule has 0 radical (unpaired) electrons. The molecule has 0 fully saturated rings. The zero-order chi connectivity index (χ0) is 13.2. The molecule has 2 aromatic heterocycles. The Morgan fingerprint density at radius 2 is 2.05 bits per heavy atom. The van der Waals surface area contributed by atoms with Crippen molar-refractivity contribution in [3.63, 3.8) is 0 Å². The molecule has 19 heavy (non-hydrogen) atoms. The van der Waals surface area contributed by atoms with Crippen molar-refractivity contribution in [1.82, 2.24) is 4.98 Å². The fourth-order valence-corrected chi connectivity index (χ4v) is 3.18. The zero-order valence-corrected chi connectivity index (χ0v) is 11.4. The fraction of sp³-hybridized carbons (Fsp3) is 0.125. The predicted octanol–water partition coefficient (Wildman–Crippen LogP) is 4.56. The molecular weight excluding hydrogens is 254 g/mol. The molecule has 3 heteroatoms. The van der Waals surface area contributed by atoms with Crippen molar-refractivity contribution in [2.75, 3.05) is 0 Å². The van der Waals surface area contributed by atoms with Crippen LogP contribution in [0.5, 0.6) is 0 Å². The van der Waals surface area contributed by atoms with Gasteiger partial charge in [-0.1, -0.05) is 25.1 Å². The highest BCUT2D eigenvalue weighted by atomic mass is 32.1. The number of hydrogen-bond acceptors (Lipinski definition) is 3. The second-order valence-corrected chi connectivity index (χ2v) is 5.40. The Kier molecular flexibility index (Phi) is 3.13. The summed E-state index contributed by atoms with van der Waals surface area (Å²) >= 11 is 1.56. The molecule has 0 atom stereocenters. The van der Waals surface area contributed by atoms with Gasteiger partial charge in [-0.3, -0.25) is 9.78 Å². The maximum absolute atomic E-state index is 11.7. The van der Waals surface area contributed by atoms with E-state index in [1.807, 2.05) is 37.3 Å². The third kappa shape index (κ3) is 2.17. The number of nitrogens with zero attached hydrogens (tertiary/aromatic N) is 1. The first-order chi connectivity index (χ1) is 9.29. The number of carbonyl (C=O) groups is 1. The minimum Gasteiger partial charge on any atom is -0.293 e. The molecule has 0 aliphatic rings. The number of aromatic nitrogens is 1. The van der Waals surface area contributed by atoms with Crippen LogP contribution in [-0.4, -0.2) is 10.8 Å². The van der Waals surface area contributed by atoms with Gasteiger partial charge >= 0.3 is 0 Å². The lowest BCUT2D eigenvalue weighted by molar-refractivity contribution is 0.0992. The van der Waals surface area contributed by atoms with Crippen LogP contribution in [0.25, 0.3) is 21.3 Å². The van der Waals surface area contributed by atoms with Gasteiger partial charge in [-0.25, -0.2) is 0 Å². The van der Waals surface area contributed by atoms with E-state index < -0.39 is 0 Å². The second kappa shape index (κ2) is 4.94. The smallest absolute Gasteiger partial charge is 0.172 e. The van der Waals surface area contributed by atoms with Gasteiger partial charge in [0.15, 0.2) is 5.78 Å². The van der Waals surface area contributed by atoms with Crippen molar-refractivity contribution in [2.24, 2.45) is 0 Å². The summed E-state index contributed by atoms with van der Waals surface area (Å²) in [4.78, 5) is 18.0. The van der Waals surface area contributed by atoms with Crippen molar-refractivity contribution < 1.29 is 4.79 Å². The summed E-state index contributed by atoms with van der Waals surface area (Å²) in [6.07, 6.45) is 2.35. The van der Waals surface area contributed by atoms with E-state index in [9.17, 15) is 4.79 Å². The van der Waals surface area contributed by atoms with Crippen molar-refractivity contribution in [1.29, 1.82) is 0 Å². The van der Waals surface area contributed by atoms with Crippen molar-refractivity contribution in [3.8, 4) is 10.4 Å². The van der Waals surface area contributed by atoms with Gasteiger partial charge in [-0.05, 0) is 24.3 Å². The second-order valence-electron chi connectivity index (χ2n) is 4.32. The Morgan fingerprint density at radius 1 is 1.16 bits per heavy atom. The fourth-order valence-electron chi connectivity index (χ4n) is 2.12. The van der Waals surface area contributed by atoms with Gasteiger partial charge in [0.2, 0.25) is 0 Å². The van der Waals surface area contributed by atoms with E-state index >= 15 is 0 Å². The maximum atomic E-state index is 11.7. The summed E-state index contributed by atoms with van der Waals surface area (Å²) in [6, 6.07) is 14.0. The lowest BCUT2D eigenvalue weighted by Crippen LogP contribution is -1.90. The number of ketones is 1. The number of pyridine rings is 1. The number of Topliss-reactive ketones (excluding diaryl/α,β-unsaturated/α-hetero) is 1. The Balaban J connectivity index is 2.14. The van der Waals surface area contributed by atoms with Crippen molar-refractivity contribution in [3.05, 3.63) is 53.5 Å². The molecule has 0 spiro atoms. The van der Waals surface area contributed by atoms with E-state index in [0.29, 0.717) is 6.42 Å². The van der Waals surface area contributed by atoms with Crippen LogP contribution in [0.4, 0.5) is 0 Å². The summed E-state index contributed by atoms with van der Waals surface area (Å²) in [5.41, 5.74) is 2.13. The molecule has 0 unspecified atom stereocenters. The van der Waals surface area contributed by atoms with Crippen LogP contribution < -0.4 is 0 Å². The number of benzene rings is 1. The molecule has 0 saturated heterocycles. The largest absolute Gasteiger partial charge is 0.293 e. The van der Waals surface area contributed by atoms with Gasteiger partial charge in [0.25, 0.3) is 0 Å². The summed E-state index contributed by atoms with van der Waals surface area (Å²) < 4.78 is 0. The first-order valence-electron chi connectivity index (χ1n) is 6.26. The molecule has 1 aromatic carbocycles. The Bertz CT molecular complexity index is 740. The summed E-state index contributed by atoms with van der Waals surface area (Å²) in [5, 5.41) is 1.13. The first-order valence-corrected chi connectivity index (χ1v) is 7.08. The number of carbonyl (C=O) groups excluding carboxylic acids is 1. The van der Waals surface area contributed by atoms with E-state index in [-0.39, 0.29) is 5.78 Å². The highest BCUT2D eigenvalue weighted by molar-refractivity contribution is 7.17. The van der Waals surface area contributed by atoms with Gasteiger partial charge in [0.1, 0.15) is 0 Å². The molecule has 0 saturated carbocycles. The minimum atomic E-state index is 0.203. The van der Waals surface area contributed by atoms with Gasteiger partial charge < -0.3 is 0 Å². The Hall–Kier alpha value is -2.00. The van der Waals surface area contributed by atoms with E-state index in [0.717, 1.165) is 26.2 Å². The number of rotatable bonds is 3. The molecule has 0 amide bonds. The minimum absolute atomic E-state index is 0.203. The third-order valence-corrected chi connectivity index (χ3v) is 4.27. The van der Waals surface area contributed by atoms with Crippen LogP contribution in [0.1, 0.15) is 23.0 Å². The summed E-state index contributed by atoms with van der Waals surface area (Å²) in [5.74, 6) is 0.203. The molecule has 3 aromatic rings. The van der Waals surface area contributed by atoms with Crippen molar-refractivity contribution >= 4 is 28.0 Å². The SMILES string of the molecule is CCC(=O)c1ccc(-c2cccc3ncccc23)s1. The topological polar surface area (TPSA) is 30.0 Å². The van der Waals surface area contributed by atoms with Crippen molar-refractivity contribution in [2.45, 2.75) is 13.3 Å². The predicted molar refractivity (Wildman–Crippen MR) is 79.7 cm³/mol. The van der Waals surface area contributed by atoms with E-state index in [1.54, 1.807) is 17.5 Å². The molecule has 0 bridgehead atoms. The average molecular weight is 267 g/mol. The van der Waals surface area contributed by atoms with Crippen LogP contribution in [0.15, 0.2) is 48.7 Å². The summed E-state index contributed by atoms with van der Waals surface area (Å²) in [6.45, 7) is 1.89. The number of thiophene rings is 1. The van der Waals surface area contributed by atoms with E-state index in [2.05, 4.69) is 17.1 Å². The van der Waals surface area contributed by atoms with Crippen LogP contribution >= 0.6 is 11.3 Å².